The van der Waals surface area contributed by atoms with Gasteiger partial charge in [-0.1, -0.05) is 11.8 Å². The zero-order valence-corrected chi connectivity index (χ0v) is 8.33. The Morgan fingerprint density at radius 3 is 2.86 bits per heavy atom. The van der Waals surface area contributed by atoms with E-state index < -0.39 is 0 Å². The Bertz CT molecular complexity index is 281. The van der Waals surface area contributed by atoms with E-state index in [1.165, 1.54) is 11.8 Å². The predicted molar refractivity (Wildman–Crippen MR) is 52.9 cm³/mol. The first-order chi connectivity index (χ1) is 6.83. The molecule has 2 N–H and O–H groups in total. The van der Waals surface area contributed by atoms with Crippen LogP contribution in [0.25, 0.3) is 0 Å². The molecule has 0 saturated heterocycles. The molecule has 0 fully saturated rings. The Labute approximate surface area is 86.0 Å². The van der Waals surface area contributed by atoms with E-state index in [1.807, 2.05) is 0 Å². The summed E-state index contributed by atoms with van der Waals surface area (Å²) in [4.78, 5) is 19.0. The molecule has 0 saturated carbocycles. The van der Waals surface area contributed by atoms with Crippen molar-refractivity contribution >= 4 is 17.7 Å². The summed E-state index contributed by atoms with van der Waals surface area (Å²) < 4.78 is 0. The molecule has 76 valence electrons. The molecule has 0 unspecified atom stereocenters. The van der Waals surface area contributed by atoms with Crippen LogP contribution in [-0.2, 0) is 4.79 Å². The fourth-order valence-electron chi connectivity index (χ4n) is 0.736. The van der Waals surface area contributed by atoms with Crippen LogP contribution < -0.4 is 5.32 Å². The Kier molecular flexibility index (Phi) is 4.95. The smallest absolute Gasteiger partial charge is 0.230 e. The highest BCUT2D eigenvalue weighted by atomic mass is 32.2. The number of aliphatic hydroxyl groups excluding tert-OH is 1. The molecule has 0 spiro atoms. The van der Waals surface area contributed by atoms with E-state index in [0.29, 0.717) is 5.16 Å². The minimum atomic E-state index is -0.128. The normalized spacial score (nSPS) is 9.79. The van der Waals surface area contributed by atoms with Crippen molar-refractivity contribution in [1.29, 1.82) is 0 Å². The van der Waals surface area contributed by atoms with Gasteiger partial charge in [0.2, 0.25) is 5.91 Å². The number of nitrogens with one attached hydrogen (secondary N) is 1. The van der Waals surface area contributed by atoms with Crippen LogP contribution in [-0.4, -0.2) is 39.9 Å². The highest BCUT2D eigenvalue weighted by Crippen LogP contribution is 2.09. The van der Waals surface area contributed by atoms with Crippen molar-refractivity contribution in [3.05, 3.63) is 18.5 Å². The zero-order chi connectivity index (χ0) is 10.2. The molecule has 1 aromatic heterocycles. The number of rotatable bonds is 5. The summed E-state index contributed by atoms with van der Waals surface area (Å²) in [5.74, 6) is 0.140. The first kappa shape index (κ1) is 10.9. The van der Waals surface area contributed by atoms with E-state index in [-0.39, 0.29) is 24.8 Å². The predicted octanol–water partition coefficient (Wildman–Crippen LogP) is -0.323. The molecule has 0 bridgehead atoms. The van der Waals surface area contributed by atoms with E-state index >= 15 is 0 Å². The van der Waals surface area contributed by atoms with Gasteiger partial charge in [0.25, 0.3) is 0 Å². The molecule has 0 aliphatic carbocycles. The first-order valence-electron chi connectivity index (χ1n) is 4.10. The zero-order valence-electron chi connectivity index (χ0n) is 7.51. The van der Waals surface area contributed by atoms with Crippen molar-refractivity contribution in [2.45, 2.75) is 5.16 Å². The lowest BCUT2D eigenvalue weighted by Gasteiger charge is -2.01. The van der Waals surface area contributed by atoms with Crippen molar-refractivity contribution in [2.24, 2.45) is 0 Å². The minimum Gasteiger partial charge on any atom is -0.395 e. The average Bonchev–Trinajstić information content (AvgIpc) is 2.25. The number of hydrogen-bond donors (Lipinski definition) is 2. The van der Waals surface area contributed by atoms with Gasteiger partial charge in [0.05, 0.1) is 12.4 Å². The third-order valence-corrected chi connectivity index (χ3v) is 2.18. The Morgan fingerprint density at radius 1 is 1.50 bits per heavy atom. The van der Waals surface area contributed by atoms with Gasteiger partial charge in [-0.3, -0.25) is 4.79 Å². The molecule has 1 heterocycles. The van der Waals surface area contributed by atoms with Gasteiger partial charge in [-0.25, -0.2) is 9.97 Å². The highest BCUT2D eigenvalue weighted by molar-refractivity contribution is 7.99. The van der Waals surface area contributed by atoms with Crippen LogP contribution in [0.2, 0.25) is 0 Å². The maximum atomic E-state index is 11.1. The van der Waals surface area contributed by atoms with Gasteiger partial charge in [0.15, 0.2) is 5.16 Å². The van der Waals surface area contributed by atoms with Gasteiger partial charge in [-0.15, -0.1) is 0 Å². The average molecular weight is 213 g/mol. The number of carbonyl (C=O) groups is 1. The molecule has 6 heteroatoms. The van der Waals surface area contributed by atoms with Crippen molar-refractivity contribution in [2.75, 3.05) is 18.9 Å². The maximum Gasteiger partial charge on any atom is 0.230 e. The van der Waals surface area contributed by atoms with Crippen LogP contribution in [0.15, 0.2) is 23.6 Å². The molecule has 0 aromatic carbocycles. The monoisotopic (exact) mass is 213 g/mol. The third kappa shape index (κ3) is 4.20. The number of thioether (sulfide) groups is 1. The van der Waals surface area contributed by atoms with Crippen LogP contribution in [0.5, 0.6) is 0 Å². The fraction of sp³-hybridized carbons (Fsp3) is 0.375. The van der Waals surface area contributed by atoms with Crippen LogP contribution in [0, 0.1) is 0 Å². The van der Waals surface area contributed by atoms with E-state index in [2.05, 4.69) is 15.3 Å². The second-order valence-electron chi connectivity index (χ2n) is 2.39. The van der Waals surface area contributed by atoms with Gasteiger partial charge >= 0.3 is 0 Å². The molecule has 1 amide bonds. The molecule has 0 radical (unpaired) electrons. The van der Waals surface area contributed by atoms with Crippen molar-refractivity contribution in [1.82, 2.24) is 15.3 Å². The number of hydrogen-bond acceptors (Lipinski definition) is 5. The van der Waals surface area contributed by atoms with Crippen LogP contribution in [0.3, 0.4) is 0 Å². The number of aromatic nitrogens is 2. The van der Waals surface area contributed by atoms with Crippen LogP contribution >= 0.6 is 11.8 Å². The van der Waals surface area contributed by atoms with E-state index in [9.17, 15) is 4.79 Å². The summed E-state index contributed by atoms with van der Waals surface area (Å²) in [6.45, 7) is 0.243. The summed E-state index contributed by atoms with van der Waals surface area (Å²) in [5, 5.41) is 11.6. The second-order valence-corrected chi connectivity index (χ2v) is 3.34. The van der Waals surface area contributed by atoms with Gasteiger partial charge in [0.1, 0.15) is 0 Å². The van der Waals surface area contributed by atoms with Crippen LogP contribution in [0.1, 0.15) is 0 Å². The molecule has 14 heavy (non-hydrogen) atoms. The second kappa shape index (κ2) is 6.33. The SMILES string of the molecule is O=C(CSc1ncccn1)NCCO. The lowest BCUT2D eigenvalue weighted by molar-refractivity contribution is -0.118. The van der Waals surface area contributed by atoms with E-state index in [4.69, 9.17) is 5.11 Å². The van der Waals surface area contributed by atoms with Gasteiger partial charge in [-0.2, -0.15) is 0 Å². The lowest BCUT2D eigenvalue weighted by Crippen LogP contribution is -2.27. The highest BCUT2D eigenvalue weighted by Gasteiger charge is 2.02. The Morgan fingerprint density at radius 2 is 2.21 bits per heavy atom. The summed E-state index contributed by atoms with van der Waals surface area (Å²) in [7, 11) is 0. The van der Waals surface area contributed by atoms with E-state index in [1.54, 1.807) is 18.5 Å². The molecular weight excluding hydrogens is 202 g/mol. The Hall–Kier alpha value is -1.14. The molecule has 5 nitrogen and oxygen atoms in total. The number of amides is 1. The van der Waals surface area contributed by atoms with Crippen LogP contribution in [0.4, 0.5) is 0 Å². The number of carbonyl (C=O) groups excluding carboxylic acids is 1. The molecular formula is C8H11N3O2S. The molecule has 1 rings (SSSR count). The molecule has 1 aromatic rings. The quantitative estimate of drug-likeness (QED) is 0.518. The number of nitrogens with zero attached hydrogens (tertiary/aromatic N) is 2. The maximum absolute atomic E-state index is 11.1. The van der Waals surface area contributed by atoms with Crippen molar-refractivity contribution < 1.29 is 9.90 Å². The lowest BCUT2D eigenvalue weighted by atomic mass is 10.6. The van der Waals surface area contributed by atoms with E-state index in [0.717, 1.165) is 0 Å². The molecule has 0 aliphatic rings. The first-order valence-corrected chi connectivity index (χ1v) is 5.09. The fourth-order valence-corrected chi connectivity index (χ4v) is 1.37. The van der Waals surface area contributed by atoms with Gasteiger partial charge in [0, 0.05) is 18.9 Å². The largest absolute Gasteiger partial charge is 0.395 e. The van der Waals surface area contributed by atoms with Gasteiger partial charge in [-0.05, 0) is 6.07 Å². The van der Waals surface area contributed by atoms with Crippen molar-refractivity contribution in [3.8, 4) is 0 Å². The number of aliphatic hydroxyl groups is 1. The Balaban J connectivity index is 2.24. The summed E-state index contributed by atoms with van der Waals surface area (Å²) in [5.41, 5.74) is 0. The topological polar surface area (TPSA) is 75.1 Å². The van der Waals surface area contributed by atoms with Crippen molar-refractivity contribution in [3.63, 3.8) is 0 Å². The summed E-state index contributed by atoms with van der Waals surface area (Å²) in [6.07, 6.45) is 3.25. The molecule has 0 atom stereocenters. The minimum absolute atomic E-state index is 0.0434. The standard InChI is InChI=1S/C8H11N3O2S/c12-5-4-9-7(13)6-14-8-10-2-1-3-11-8/h1-3,12H,4-6H2,(H,9,13). The molecule has 0 aliphatic heterocycles. The third-order valence-electron chi connectivity index (χ3n) is 1.31. The summed E-state index contributed by atoms with van der Waals surface area (Å²) >= 11 is 1.26. The van der Waals surface area contributed by atoms with Gasteiger partial charge < -0.3 is 10.4 Å². The summed E-state index contributed by atoms with van der Waals surface area (Å²) in [6, 6.07) is 1.72.